The summed E-state index contributed by atoms with van der Waals surface area (Å²) < 4.78 is 33.7. The summed E-state index contributed by atoms with van der Waals surface area (Å²) in [5.41, 5.74) is 2.92. The van der Waals surface area contributed by atoms with Gasteiger partial charge in [0.2, 0.25) is 5.91 Å². The first-order chi connectivity index (χ1) is 14.8. The number of aryl methyl sites for hydroxylation is 2. The molecule has 3 aromatic rings. The lowest BCUT2D eigenvalue weighted by molar-refractivity contribution is -0.119. The molecule has 0 radical (unpaired) electrons. The Morgan fingerprint density at radius 3 is 2.42 bits per heavy atom. The summed E-state index contributed by atoms with van der Waals surface area (Å²) >= 11 is 0. The fourth-order valence-electron chi connectivity index (χ4n) is 3.09. The van der Waals surface area contributed by atoms with E-state index in [1.807, 2.05) is 13.0 Å². The van der Waals surface area contributed by atoms with Crippen LogP contribution in [-0.4, -0.2) is 33.0 Å². The number of hydrogen-bond donors (Lipinski definition) is 1. The van der Waals surface area contributed by atoms with E-state index in [4.69, 9.17) is 4.74 Å². The first-order valence-electron chi connectivity index (χ1n) is 9.71. The van der Waals surface area contributed by atoms with Crippen molar-refractivity contribution in [2.75, 3.05) is 18.0 Å². The molecule has 162 valence electrons. The van der Waals surface area contributed by atoms with Crippen molar-refractivity contribution < 1.29 is 17.9 Å². The van der Waals surface area contributed by atoms with Crippen LogP contribution in [0.3, 0.4) is 0 Å². The number of hydrogen-bond acceptors (Lipinski definition) is 5. The van der Waals surface area contributed by atoms with Crippen molar-refractivity contribution in [2.45, 2.75) is 25.3 Å². The number of anilines is 1. The van der Waals surface area contributed by atoms with Crippen molar-refractivity contribution in [3.8, 4) is 5.75 Å². The molecule has 0 bridgehead atoms. The molecular weight excluding hydrogens is 414 g/mol. The fourth-order valence-corrected chi connectivity index (χ4v) is 4.75. The lowest BCUT2D eigenvalue weighted by Crippen LogP contribution is -2.40. The molecule has 2 aromatic carbocycles. The minimum Gasteiger partial charge on any atom is -0.495 e. The standard InChI is InChI=1S/C23H25N3O4S/c1-17-5-4-6-20(13-17)26(16-23(27)25-15-19-9-11-24-12-10-19)31(28,29)22-14-18(2)7-8-21(22)30-3/h4-14H,15-16H2,1-3H3,(H,25,27). The molecule has 1 N–H and O–H groups in total. The fraction of sp³-hybridized carbons (Fsp3) is 0.217. The summed E-state index contributed by atoms with van der Waals surface area (Å²) in [6.07, 6.45) is 3.27. The number of nitrogens with zero attached hydrogens (tertiary/aromatic N) is 2. The number of amides is 1. The molecule has 0 spiro atoms. The van der Waals surface area contributed by atoms with E-state index in [2.05, 4.69) is 10.3 Å². The second kappa shape index (κ2) is 9.61. The van der Waals surface area contributed by atoms with Gasteiger partial charge in [0.25, 0.3) is 10.0 Å². The Labute approximate surface area is 182 Å². The Morgan fingerprint density at radius 1 is 1.03 bits per heavy atom. The molecule has 3 rings (SSSR count). The Balaban J connectivity index is 1.95. The zero-order chi connectivity index (χ0) is 22.4. The molecule has 0 saturated heterocycles. The predicted octanol–water partition coefficient (Wildman–Crippen LogP) is 3.22. The second-order valence-corrected chi connectivity index (χ2v) is 8.97. The number of carbonyl (C=O) groups excluding carboxylic acids is 1. The number of carbonyl (C=O) groups is 1. The van der Waals surface area contributed by atoms with Crippen LogP contribution in [0.15, 0.2) is 71.9 Å². The van der Waals surface area contributed by atoms with Gasteiger partial charge in [-0.25, -0.2) is 8.42 Å². The third kappa shape index (κ3) is 5.40. The lowest BCUT2D eigenvalue weighted by atomic mass is 10.2. The molecule has 0 aliphatic carbocycles. The molecule has 31 heavy (non-hydrogen) atoms. The van der Waals surface area contributed by atoms with E-state index in [9.17, 15) is 13.2 Å². The van der Waals surface area contributed by atoms with Gasteiger partial charge >= 0.3 is 0 Å². The number of ether oxygens (including phenoxy) is 1. The SMILES string of the molecule is COc1ccc(C)cc1S(=O)(=O)N(CC(=O)NCc1ccncc1)c1cccc(C)c1. The van der Waals surface area contributed by atoms with Crippen LogP contribution in [0.4, 0.5) is 5.69 Å². The van der Waals surface area contributed by atoms with Crippen molar-refractivity contribution in [1.82, 2.24) is 10.3 Å². The van der Waals surface area contributed by atoms with Gasteiger partial charge < -0.3 is 10.1 Å². The highest BCUT2D eigenvalue weighted by Crippen LogP contribution is 2.31. The van der Waals surface area contributed by atoms with Crippen molar-refractivity contribution in [2.24, 2.45) is 0 Å². The molecular formula is C23H25N3O4S. The van der Waals surface area contributed by atoms with E-state index < -0.39 is 15.9 Å². The average Bonchev–Trinajstić information content (AvgIpc) is 2.76. The Kier molecular flexibility index (Phi) is 6.91. The van der Waals surface area contributed by atoms with Crippen LogP contribution in [0.2, 0.25) is 0 Å². The van der Waals surface area contributed by atoms with Gasteiger partial charge in [0.05, 0.1) is 12.8 Å². The molecule has 7 nitrogen and oxygen atoms in total. The third-order valence-corrected chi connectivity index (χ3v) is 6.50. The zero-order valence-electron chi connectivity index (χ0n) is 17.7. The van der Waals surface area contributed by atoms with Crippen LogP contribution >= 0.6 is 0 Å². The van der Waals surface area contributed by atoms with Crippen LogP contribution in [0, 0.1) is 13.8 Å². The summed E-state index contributed by atoms with van der Waals surface area (Å²) in [7, 11) is -2.66. The van der Waals surface area contributed by atoms with Gasteiger partial charge in [-0.3, -0.25) is 14.1 Å². The van der Waals surface area contributed by atoms with E-state index in [1.54, 1.807) is 67.8 Å². The maximum Gasteiger partial charge on any atom is 0.268 e. The van der Waals surface area contributed by atoms with Gasteiger partial charge in [0, 0.05) is 18.9 Å². The first kappa shape index (κ1) is 22.3. The summed E-state index contributed by atoms with van der Waals surface area (Å²) in [6, 6.07) is 15.5. The van der Waals surface area contributed by atoms with E-state index in [-0.39, 0.29) is 23.7 Å². The molecule has 0 saturated carbocycles. The quantitative estimate of drug-likeness (QED) is 0.582. The molecule has 1 amide bonds. The van der Waals surface area contributed by atoms with Crippen molar-refractivity contribution in [3.63, 3.8) is 0 Å². The number of sulfonamides is 1. The van der Waals surface area contributed by atoms with Crippen LogP contribution in [-0.2, 0) is 21.4 Å². The molecule has 0 unspecified atom stereocenters. The van der Waals surface area contributed by atoms with Gasteiger partial charge in [-0.05, 0) is 66.9 Å². The highest BCUT2D eigenvalue weighted by molar-refractivity contribution is 7.93. The number of rotatable bonds is 8. The average molecular weight is 440 g/mol. The minimum atomic E-state index is -4.08. The van der Waals surface area contributed by atoms with E-state index in [1.165, 1.54) is 7.11 Å². The van der Waals surface area contributed by atoms with Crippen molar-refractivity contribution in [1.29, 1.82) is 0 Å². The molecule has 0 atom stereocenters. The maximum absolute atomic E-state index is 13.6. The first-order valence-corrected chi connectivity index (χ1v) is 11.1. The van der Waals surface area contributed by atoms with Crippen LogP contribution in [0.1, 0.15) is 16.7 Å². The van der Waals surface area contributed by atoms with Gasteiger partial charge in [-0.15, -0.1) is 0 Å². The smallest absolute Gasteiger partial charge is 0.268 e. The number of benzene rings is 2. The summed E-state index contributed by atoms with van der Waals surface area (Å²) in [5, 5.41) is 2.77. The van der Waals surface area contributed by atoms with E-state index >= 15 is 0 Å². The molecule has 1 aromatic heterocycles. The van der Waals surface area contributed by atoms with Crippen LogP contribution in [0.25, 0.3) is 0 Å². The summed E-state index contributed by atoms with van der Waals surface area (Å²) in [4.78, 5) is 16.7. The summed E-state index contributed by atoms with van der Waals surface area (Å²) in [6.45, 7) is 3.58. The molecule has 0 aliphatic heterocycles. The van der Waals surface area contributed by atoms with E-state index in [0.717, 1.165) is 21.0 Å². The maximum atomic E-state index is 13.6. The van der Waals surface area contributed by atoms with E-state index in [0.29, 0.717) is 5.69 Å². The predicted molar refractivity (Wildman–Crippen MR) is 120 cm³/mol. The van der Waals surface area contributed by atoms with Gasteiger partial charge in [0.1, 0.15) is 17.2 Å². The van der Waals surface area contributed by atoms with Gasteiger partial charge in [-0.1, -0.05) is 18.2 Å². The van der Waals surface area contributed by atoms with Crippen LogP contribution in [0.5, 0.6) is 5.75 Å². The number of methoxy groups -OCH3 is 1. The monoisotopic (exact) mass is 439 g/mol. The second-order valence-electron chi connectivity index (χ2n) is 7.14. The summed E-state index contributed by atoms with van der Waals surface area (Å²) in [5.74, 6) is -0.200. The zero-order valence-corrected chi connectivity index (χ0v) is 18.5. The number of pyridine rings is 1. The normalized spacial score (nSPS) is 11.1. The molecule has 1 heterocycles. The highest BCUT2D eigenvalue weighted by Gasteiger charge is 2.30. The molecule has 8 heteroatoms. The molecule has 0 aliphatic rings. The Bertz CT molecular complexity index is 1160. The van der Waals surface area contributed by atoms with Gasteiger partial charge in [0.15, 0.2) is 0 Å². The Morgan fingerprint density at radius 2 is 1.74 bits per heavy atom. The van der Waals surface area contributed by atoms with Crippen molar-refractivity contribution in [3.05, 3.63) is 83.7 Å². The minimum absolute atomic E-state index is 0.0124. The largest absolute Gasteiger partial charge is 0.495 e. The number of nitrogens with one attached hydrogen (secondary N) is 1. The highest BCUT2D eigenvalue weighted by atomic mass is 32.2. The molecule has 0 fully saturated rings. The van der Waals surface area contributed by atoms with Crippen LogP contribution < -0.4 is 14.4 Å². The van der Waals surface area contributed by atoms with Gasteiger partial charge in [-0.2, -0.15) is 0 Å². The lowest BCUT2D eigenvalue weighted by Gasteiger charge is -2.25. The Hall–Kier alpha value is -3.39. The topological polar surface area (TPSA) is 88.6 Å². The third-order valence-electron chi connectivity index (χ3n) is 4.70. The number of aromatic nitrogens is 1. The van der Waals surface area contributed by atoms with Crippen molar-refractivity contribution >= 4 is 21.6 Å².